The Morgan fingerprint density at radius 1 is 1.10 bits per heavy atom. The second-order valence-corrected chi connectivity index (χ2v) is 7.29. The Balaban J connectivity index is 1.34. The molecule has 4 rings (SSSR count). The summed E-state index contributed by atoms with van der Waals surface area (Å²) in [4.78, 5) is 18.8. The summed E-state index contributed by atoms with van der Waals surface area (Å²) < 4.78 is 0. The molecule has 29 heavy (non-hydrogen) atoms. The lowest BCUT2D eigenvalue weighted by atomic mass is 10.0. The summed E-state index contributed by atoms with van der Waals surface area (Å²) in [7, 11) is 0. The van der Waals surface area contributed by atoms with Crippen molar-refractivity contribution in [2.24, 2.45) is 0 Å². The first kappa shape index (κ1) is 18.9. The number of fused-ring (bicyclic) bond motifs is 1. The van der Waals surface area contributed by atoms with Crippen molar-refractivity contribution in [3.8, 4) is 6.07 Å². The molecule has 0 unspecified atom stereocenters. The van der Waals surface area contributed by atoms with Crippen molar-refractivity contribution in [3.63, 3.8) is 0 Å². The van der Waals surface area contributed by atoms with E-state index in [9.17, 15) is 10.1 Å². The molecule has 0 spiro atoms. The minimum absolute atomic E-state index is 0.0152. The highest BCUT2D eigenvalue weighted by Gasteiger charge is 2.21. The van der Waals surface area contributed by atoms with Crippen LogP contribution in [0.25, 0.3) is 10.9 Å². The number of benzene rings is 2. The standard InChI is InChI=1S/C23H23N5O/c24-15-19-14-22(20-8-4-5-9-21(20)26-19)25-18-10-12-28(13-11-18)16-23(29)27-17-6-2-1-3-7-17/h1-9,14,18H,10-13,16H2,(H,25,26)(H,27,29). The fourth-order valence-corrected chi connectivity index (χ4v) is 3.73. The largest absolute Gasteiger partial charge is 0.382 e. The van der Waals surface area contributed by atoms with Gasteiger partial charge < -0.3 is 10.6 Å². The number of hydrogen-bond donors (Lipinski definition) is 2. The molecule has 2 aromatic carbocycles. The van der Waals surface area contributed by atoms with Crippen LogP contribution < -0.4 is 10.6 Å². The predicted octanol–water partition coefficient (Wildman–Crippen LogP) is 3.62. The van der Waals surface area contributed by atoms with Gasteiger partial charge in [0.1, 0.15) is 11.8 Å². The van der Waals surface area contributed by atoms with Crippen LogP contribution in [0.5, 0.6) is 0 Å². The monoisotopic (exact) mass is 385 g/mol. The van der Waals surface area contributed by atoms with Crippen LogP contribution in [0.4, 0.5) is 11.4 Å². The van der Waals surface area contributed by atoms with Gasteiger partial charge in [-0.15, -0.1) is 0 Å². The molecule has 6 nitrogen and oxygen atoms in total. The summed E-state index contributed by atoms with van der Waals surface area (Å²) in [5.41, 5.74) is 3.02. The highest BCUT2D eigenvalue weighted by molar-refractivity contribution is 5.92. The van der Waals surface area contributed by atoms with Gasteiger partial charge in [0, 0.05) is 35.9 Å². The van der Waals surface area contributed by atoms with Gasteiger partial charge in [0.15, 0.2) is 0 Å². The number of amides is 1. The maximum absolute atomic E-state index is 12.3. The van der Waals surface area contributed by atoms with E-state index in [0.717, 1.165) is 48.2 Å². The zero-order valence-corrected chi connectivity index (χ0v) is 16.1. The number of para-hydroxylation sites is 2. The van der Waals surface area contributed by atoms with Crippen molar-refractivity contribution in [1.29, 1.82) is 5.26 Å². The summed E-state index contributed by atoms with van der Waals surface area (Å²) in [6, 6.07) is 21.7. The Morgan fingerprint density at radius 2 is 1.83 bits per heavy atom. The Kier molecular flexibility index (Phi) is 5.68. The van der Waals surface area contributed by atoms with E-state index in [2.05, 4.69) is 26.6 Å². The molecule has 0 radical (unpaired) electrons. The predicted molar refractivity (Wildman–Crippen MR) is 115 cm³/mol. The smallest absolute Gasteiger partial charge is 0.238 e. The Hall–Kier alpha value is -3.43. The van der Waals surface area contributed by atoms with E-state index in [-0.39, 0.29) is 5.91 Å². The van der Waals surface area contributed by atoms with Crippen molar-refractivity contribution in [2.45, 2.75) is 18.9 Å². The molecule has 1 saturated heterocycles. The van der Waals surface area contributed by atoms with Crippen LogP contribution in [0.3, 0.4) is 0 Å². The Bertz CT molecular complexity index is 1040. The van der Waals surface area contributed by atoms with E-state index in [1.54, 1.807) is 0 Å². The zero-order valence-electron chi connectivity index (χ0n) is 16.1. The quantitative estimate of drug-likeness (QED) is 0.701. The zero-order chi connectivity index (χ0) is 20.1. The average Bonchev–Trinajstić information content (AvgIpc) is 2.75. The molecular formula is C23H23N5O. The summed E-state index contributed by atoms with van der Waals surface area (Å²) in [6.07, 6.45) is 1.88. The lowest BCUT2D eigenvalue weighted by Crippen LogP contribution is -2.42. The number of anilines is 2. The highest BCUT2D eigenvalue weighted by atomic mass is 16.2. The molecule has 146 valence electrons. The average molecular weight is 385 g/mol. The number of aromatic nitrogens is 1. The Morgan fingerprint density at radius 3 is 2.59 bits per heavy atom. The van der Waals surface area contributed by atoms with Crippen LogP contribution in [0.1, 0.15) is 18.5 Å². The third kappa shape index (κ3) is 4.71. The fourth-order valence-electron chi connectivity index (χ4n) is 3.73. The molecular weight excluding hydrogens is 362 g/mol. The van der Waals surface area contributed by atoms with Crippen LogP contribution in [0.15, 0.2) is 60.7 Å². The van der Waals surface area contributed by atoms with Crippen molar-refractivity contribution in [3.05, 3.63) is 66.4 Å². The van der Waals surface area contributed by atoms with E-state index < -0.39 is 0 Å². The summed E-state index contributed by atoms with van der Waals surface area (Å²) in [6.45, 7) is 2.11. The van der Waals surface area contributed by atoms with Crippen molar-refractivity contribution in [2.75, 3.05) is 30.3 Å². The topological polar surface area (TPSA) is 81.0 Å². The van der Waals surface area contributed by atoms with Crippen molar-refractivity contribution >= 4 is 28.2 Å². The molecule has 0 bridgehead atoms. The Labute approximate surface area is 170 Å². The van der Waals surface area contributed by atoms with Crippen molar-refractivity contribution in [1.82, 2.24) is 9.88 Å². The molecule has 1 fully saturated rings. The first-order chi connectivity index (χ1) is 14.2. The SMILES string of the molecule is N#Cc1cc(NC2CCN(CC(=O)Nc3ccccc3)CC2)c2ccccc2n1. The van der Waals surface area contributed by atoms with E-state index in [4.69, 9.17) is 0 Å². The van der Waals surface area contributed by atoms with E-state index in [0.29, 0.717) is 18.3 Å². The second-order valence-electron chi connectivity index (χ2n) is 7.29. The van der Waals surface area contributed by atoms with Crippen molar-refractivity contribution < 1.29 is 4.79 Å². The number of carbonyl (C=O) groups excluding carboxylic acids is 1. The van der Waals surface area contributed by atoms with E-state index >= 15 is 0 Å². The molecule has 2 N–H and O–H groups in total. The van der Waals surface area contributed by atoms with Gasteiger partial charge in [0.05, 0.1) is 12.1 Å². The number of nitriles is 1. The van der Waals surface area contributed by atoms with Gasteiger partial charge in [-0.05, 0) is 37.1 Å². The van der Waals surface area contributed by atoms with Crippen LogP contribution in [-0.2, 0) is 4.79 Å². The summed E-state index contributed by atoms with van der Waals surface area (Å²) in [5, 5.41) is 16.8. The number of piperidine rings is 1. The molecule has 1 aliphatic rings. The number of carbonyl (C=O) groups is 1. The molecule has 6 heteroatoms. The molecule has 0 aliphatic carbocycles. The lowest BCUT2D eigenvalue weighted by Gasteiger charge is -2.32. The number of likely N-dealkylation sites (tertiary alicyclic amines) is 1. The van der Waals surface area contributed by atoms with Crippen LogP contribution in [-0.4, -0.2) is 41.5 Å². The van der Waals surface area contributed by atoms with E-state index in [1.807, 2.05) is 60.7 Å². The summed E-state index contributed by atoms with van der Waals surface area (Å²) in [5.74, 6) is 0.0152. The molecule has 0 atom stereocenters. The van der Waals surface area contributed by atoms with Crippen LogP contribution in [0, 0.1) is 11.3 Å². The first-order valence-electron chi connectivity index (χ1n) is 9.85. The first-order valence-corrected chi connectivity index (χ1v) is 9.85. The van der Waals surface area contributed by atoms with Crippen LogP contribution in [0.2, 0.25) is 0 Å². The third-order valence-corrected chi connectivity index (χ3v) is 5.20. The second kappa shape index (κ2) is 8.72. The van der Waals surface area contributed by atoms with Gasteiger partial charge in [-0.3, -0.25) is 9.69 Å². The van der Waals surface area contributed by atoms with Gasteiger partial charge in [-0.1, -0.05) is 36.4 Å². The molecule has 1 aromatic heterocycles. The molecule has 2 heterocycles. The minimum Gasteiger partial charge on any atom is -0.382 e. The normalized spacial score (nSPS) is 15.0. The minimum atomic E-state index is 0.0152. The lowest BCUT2D eigenvalue weighted by molar-refractivity contribution is -0.117. The maximum atomic E-state index is 12.3. The van der Waals surface area contributed by atoms with Gasteiger partial charge in [0.2, 0.25) is 5.91 Å². The van der Waals surface area contributed by atoms with Gasteiger partial charge in [-0.25, -0.2) is 4.98 Å². The van der Waals surface area contributed by atoms with Gasteiger partial charge in [0.25, 0.3) is 0 Å². The number of hydrogen-bond acceptors (Lipinski definition) is 5. The number of nitrogens with one attached hydrogen (secondary N) is 2. The number of rotatable bonds is 5. The molecule has 1 aliphatic heterocycles. The third-order valence-electron chi connectivity index (χ3n) is 5.20. The molecule has 0 saturated carbocycles. The van der Waals surface area contributed by atoms with Gasteiger partial charge in [-0.2, -0.15) is 5.26 Å². The highest BCUT2D eigenvalue weighted by Crippen LogP contribution is 2.25. The van der Waals surface area contributed by atoms with Gasteiger partial charge >= 0.3 is 0 Å². The summed E-state index contributed by atoms with van der Waals surface area (Å²) >= 11 is 0. The number of pyridine rings is 1. The fraction of sp³-hybridized carbons (Fsp3) is 0.261. The van der Waals surface area contributed by atoms with Crippen LogP contribution >= 0.6 is 0 Å². The molecule has 3 aromatic rings. The van der Waals surface area contributed by atoms with E-state index in [1.165, 1.54) is 0 Å². The molecule has 1 amide bonds. The maximum Gasteiger partial charge on any atom is 0.238 e. The number of nitrogens with zero attached hydrogens (tertiary/aromatic N) is 3.